The first-order chi connectivity index (χ1) is 8.41. The van der Waals surface area contributed by atoms with Gasteiger partial charge in [0, 0.05) is 6.54 Å². The summed E-state index contributed by atoms with van der Waals surface area (Å²) in [6.45, 7) is 9.45. The molecule has 0 saturated heterocycles. The number of rotatable bonds is 7. The van der Waals surface area contributed by atoms with Gasteiger partial charge in [-0.1, -0.05) is 39.5 Å². The Morgan fingerprint density at radius 1 is 1.33 bits per heavy atom. The summed E-state index contributed by atoms with van der Waals surface area (Å²) < 4.78 is 1.71. The molecular formula is C11H20N4O2S. The van der Waals surface area contributed by atoms with Crippen molar-refractivity contribution in [2.24, 2.45) is 17.8 Å². The Morgan fingerprint density at radius 3 is 2.44 bits per heavy atom. The third kappa shape index (κ3) is 4.29. The largest absolute Gasteiger partial charge is 0.481 e. The van der Waals surface area contributed by atoms with Crippen molar-refractivity contribution in [2.45, 2.75) is 39.4 Å². The van der Waals surface area contributed by atoms with Gasteiger partial charge in [-0.25, -0.2) is 4.68 Å². The lowest BCUT2D eigenvalue weighted by molar-refractivity contribution is -0.133. The fourth-order valence-corrected chi connectivity index (χ4v) is 2.54. The molecule has 0 aromatic carbocycles. The molecule has 7 heteroatoms. The first kappa shape index (κ1) is 14.9. The number of tetrazole rings is 1. The van der Waals surface area contributed by atoms with Crippen molar-refractivity contribution in [3.63, 3.8) is 0 Å². The van der Waals surface area contributed by atoms with Crippen LogP contribution in [0.4, 0.5) is 0 Å². The third-order valence-corrected chi connectivity index (χ3v) is 3.86. The first-order valence-corrected chi connectivity index (χ1v) is 7.01. The highest BCUT2D eigenvalue weighted by Crippen LogP contribution is 2.24. The van der Waals surface area contributed by atoms with E-state index in [1.807, 2.05) is 0 Å². The molecule has 0 spiro atoms. The summed E-state index contributed by atoms with van der Waals surface area (Å²) in [6.07, 6.45) is 0. The molecule has 0 atom stereocenters. The van der Waals surface area contributed by atoms with E-state index >= 15 is 0 Å². The summed E-state index contributed by atoms with van der Waals surface area (Å²) in [5.74, 6) is 0.656. The summed E-state index contributed by atoms with van der Waals surface area (Å²) in [7, 11) is 0. The Balaban J connectivity index is 2.71. The number of carboxylic acid groups (broad SMARTS) is 1. The van der Waals surface area contributed by atoms with Gasteiger partial charge >= 0.3 is 5.97 Å². The number of carbonyl (C=O) groups is 1. The van der Waals surface area contributed by atoms with Crippen molar-refractivity contribution in [3.8, 4) is 0 Å². The SMILES string of the molecule is CC(C)C(Cn1nnnc1SCC(=O)O)C(C)C. The van der Waals surface area contributed by atoms with Crippen LogP contribution in [0.15, 0.2) is 5.16 Å². The second-order valence-electron chi connectivity index (χ2n) is 4.98. The van der Waals surface area contributed by atoms with Gasteiger partial charge in [0.15, 0.2) is 0 Å². The maximum Gasteiger partial charge on any atom is 0.313 e. The molecular weight excluding hydrogens is 252 g/mol. The highest BCUT2D eigenvalue weighted by molar-refractivity contribution is 7.99. The number of carboxylic acids is 1. The van der Waals surface area contributed by atoms with E-state index in [2.05, 4.69) is 43.2 Å². The number of hydrogen-bond acceptors (Lipinski definition) is 5. The van der Waals surface area contributed by atoms with Gasteiger partial charge in [0.2, 0.25) is 5.16 Å². The lowest BCUT2D eigenvalue weighted by Gasteiger charge is -2.24. The topological polar surface area (TPSA) is 80.9 Å². The van der Waals surface area contributed by atoms with Gasteiger partial charge in [0.05, 0.1) is 5.75 Å². The van der Waals surface area contributed by atoms with Crippen LogP contribution in [0.5, 0.6) is 0 Å². The molecule has 1 N–H and O–H groups in total. The van der Waals surface area contributed by atoms with Crippen LogP contribution in [0, 0.1) is 17.8 Å². The van der Waals surface area contributed by atoms with E-state index < -0.39 is 5.97 Å². The molecule has 0 radical (unpaired) electrons. The average Bonchev–Trinajstić information content (AvgIpc) is 2.69. The summed E-state index contributed by atoms with van der Waals surface area (Å²) in [6, 6.07) is 0. The zero-order chi connectivity index (χ0) is 13.7. The van der Waals surface area contributed by atoms with E-state index in [1.54, 1.807) is 4.68 Å². The van der Waals surface area contributed by atoms with Crippen LogP contribution in [-0.2, 0) is 11.3 Å². The van der Waals surface area contributed by atoms with Crippen LogP contribution in [-0.4, -0.2) is 37.0 Å². The van der Waals surface area contributed by atoms with E-state index in [9.17, 15) is 4.79 Å². The molecule has 0 aliphatic carbocycles. The molecule has 18 heavy (non-hydrogen) atoms. The zero-order valence-electron chi connectivity index (χ0n) is 11.2. The van der Waals surface area contributed by atoms with E-state index in [0.717, 1.165) is 18.3 Å². The number of nitrogens with zero attached hydrogens (tertiary/aromatic N) is 4. The molecule has 102 valence electrons. The number of aromatic nitrogens is 4. The number of hydrogen-bond donors (Lipinski definition) is 1. The first-order valence-electron chi connectivity index (χ1n) is 6.02. The minimum Gasteiger partial charge on any atom is -0.481 e. The number of thioether (sulfide) groups is 1. The van der Waals surface area contributed by atoms with Gasteiger partial charge in [0.1, 0.15) is 0 Å². The summed E-state index contributed by atoms with van der Waals surface area (Å²) >= 11 is 1.15. The number of aliphatic carboxylic acids is 1. The average molecular weight is 272 g/mol. The van der Waals surface area contributed by atoms with Gasteiger partial charge in [0.25, 0.3) is 0 Å². The molecule has 0 bridgehead atoms. The fourth-order valence-electron chi connectivity index (χ4n) is 1.93. The monoisotopic (exact) mass is 272 g/mol. The Labute approximate surface area is 111 Å². The van der Waals surface area contributed by atoms with Crippen LogP contribution >= 0.6 is 11.8 Å². The van der Waals surface area contributed by atoms with Gasteiger partial charge in [-0.2, -0.15) is 0 Å². The van der Waals surface area contributed by atoms with Crippen molar-refractivity contribution in [3.05, 3.63) is 0 Å². The van der Waals surface area contributed by atoms with E-state index in [1.165, 1.54) is 0 Å². The van der Waals surface area contributed by atoms with Gasteiger partial charge in [-0.05, 0) is 28.2 Å². The van der Waals surface area contributed by atoms with Crippen LogP contribution < -0.4 is 0 Å². The molecule has 0 aliphatic heterocycles. The maximum absolute atomic E-state index is 10.5. The molecule has 1 aromatic rings. The zero-order valence-corrected chi connectivity index (χ0v) is 12.0. The Hall–Kier alpha value is -1.11. The molecule has 0 fully saturated rings. The summed E-state index contributed by atoms with van der Waals surface area (Å²) in [5, 5.41) is 20.7. The van der Waals surface area contributed by atoms with Crippen LogP contribution in [0.2, 0.25) is 0 Å². The summed E-state index contributed by atoms with van der Waals surface area (Å²) in [4.78, 5) is 10.5. The van der Waals surface area contributed by atoms with Crippen LogP contribution in [0.1, 0.15) is 27.7 Å². The molecule has 6 nitrogen and oxygen atoms in total. The fraction of sp³-hybridized carbons (Fsp3) is 0.818. The molecule has 1 rings (SSSR count). The van der Waals surface area contributed by atoms with Crippen molar-refractivity contribution in [1.82, 2.24) is 20.2 Å². The Morgan fingerprint density at radius 2 is 1.94 bits per heavy atom. The third-order valence-electron chi connectivity index (χ3n) is 2.92. The molecule has 1 heterocycles. The maximum atomic E-state index is 10.5. The predicted octanol–water partition coefficient (Wildman–Crippen LogP) is 1.78. The highest BCUT2D eigenvalue weighted by atomic mass is 32.2. The highest BCUT2D eigenvalue weighted by Gasteiger charge is 2.20. The predicted molar refractivity (Wildman–Crippen MR) is 69.3 cm³/mol. The van der Waals surface area contributed by atoms with E-state index in [-0.39, 0.29) is 5.75 Å². The quantitative estimate of drug-likeness (QED) is 0.762. The van der Waals surface area contributed by atoms with Crippen molar-refractivity contribution < 1.29 is 9.90 Å². The Kier molecular flexibility index (Phi) is 5.58. The van der Waals surface area contributed by atoms with Gasteiger partial charge < -0.3 is 5.11 Å². The molecule has 0 unspecified atom stereocenters. The minimum absolute atomic E-state index is 0.0194. The van der Waals surface area contributed by atoms with Crippen molar-refractivity contribution in [1.29, 1.82) is 0 Å². The van der Waals surface area contributed by atoms with Crippen LogP contribution in [0.3, 0.4) is 0 Å². The normalized spacial score (nSPS) is 11.7. The van der Waals surface area contributed by atoms with Gasteiger partial charge in [-0.3, -0.25) is 4.79 Å². The molecule has 0 saturated carbocycles. The smallest absolute Gasteiger partial charge is 0.313 e. The minimum atomic E-state index is -0.862. The standard InChI is InChI=1S/C11H20N4O2S/c1-7(2)9(8(3)4)5-15-11(12-13-14-15)18-6-10(16)17/h7-9H,5-6H2,1-4H3,(H,16,17). The van der Waals surface area contributed by atoms with E-state index in [0.29, 0.717) is 22.9 Å². The van der Waals surface area contributed by atoms with E-state index in [4.69, 9.17) is 5.11 Å². The second kappa shape index (κ2) is 6.72. The molecule has 0 aliphatic rings. The lowest BCUT2D eigenvalue weighted by atomic mass is 9.86. The molecule has 1 aromatic heterocycles. The van der Waals surface area contributed by atoms with Crippen molar-refractivity contribution in [2.75, 3.05) is 5.75 Å². The van der Waals surface area contributed by atoms with Gasteiger partial charge in [-0.15, -0.1) is 5.10 Å². The molecule has 0 amide bonds. The second-order valence-corrected chi connectivity index (χ2v) is 5.92. The van der Waals surface area contributed by atoms with Crippen LogP contribution in [0.25, 0.3) is 0 Å². The van der Waals surface area contributed by atoms with Crippen molar-refractivity contribution >= 4 is 17.7 Å². The Bertz CT molecular complexity index is 384. The summed E-state index contributed by atoms with van der Waals surface area (Å²) in [5.41, 5.74) is 0. The lowest BCUT2D eigenvalue weighted by Crippen LogP contribution is -2.23.